The average Bonchev–Trinajstić information content (AvgIpc) is 2.32. The van der Waals surface area contributed by atoms with Crippen LogP contribution in [-0.4, -0.2) is 0 Å². The smallest absolute Gasteiger partial charge is 0.124 e. The number of nitrogen functional groups attached to an aromatic ring is 1. The topological polar surface area (TPSA) is 26.0 Å². The Morgan fingerprint density at radius 3 is 2.56 bits per heavy atom. The van der Waals surface area contributed by atoms with Gasteiger partial charge in [0.25, 0.3) is 0 Å². The van der Waals surface area contributed by atoms with E-state index in [1.165, 1.54) is 23.9 Å². The fourth-order valence-corrected chi connectivity index (χ4v) is 3.01. The average molecular weight is 302 g/mol. The molecule has 2 aromatic rings. The molecule has 18 heavy (non-hydrogen) atoms. The van der Waals surface area contributed by atoms with Crippen LogP contribution in [0.4, 0.5) is 10.1 Å². The van der Waals surface area contributed by atoms with Crippen LogP contribution in [0.2, 0.25) is 10.0 Å². The Kier molecular flexibility index (Phi) is 4.38. The molecule has 94 valence electrons. The fourth-order valence-electron chi connectivity index (χ4n) is 1.42. The van der Waals surface area contributed by atoms with Gasteiger partial charge in [-0.3, -0.25) is 0 Å². The van der Waals surface area contributed by atoms with Crippen LogP contribution >= 0.6 is 35.0 Å². The molecule has 0 heterocycles. The zero-order valence-electron chi connectivity index (χ0n) is 9.29. The summed E-state index contributed by atoms with van der Waals surface area (Å²) in [5.41, 5.74) is 7.22. The van der Waals surface area contributed by atoms with Gasteiger partial charge in [0.05, 0.1) is 5.02 Å². The van der Waals surface area contributed by atoms with E-state index in [0.717, 1.165) is 10.5 Å². The highest BCUT2D eigenvalue weighted by Gasteiger charge is 2.06. The number of rotatable bonds is 3. The first-order valence-electron chi connectivity index (χ1n) is 5.18. The standard InChI is InChI=1S/C13H10Cl2FNS/c14-11-4-3-10(17)6-13(11)18-7-8-1-2-9(16)5-12(8)15/h1-6H,7,17H2. The molecular weight excluding hydrogens is 292 g/mol. The predicted octanol–water partition coefficient (Wildman–Crippen LogP) is 5.01. The SMILES string of the molecule is Nc1ccc(Cl)c(SCc2ccc(F)cc2Cl)c1. The Morgan fingerprint density at radius 2 is 1.83 bits per heavy atom. The number of hydrogen-bond acceptors (Lipinski definition) is 2. The molecule has 0 aliphatic heterocycles. The van der Waals surface area contributed by atoms with Gasteiger partial charge >= 0.3 is 0 Å². The molecule has 0 fully saturated rings. The summed E-state index contributed by atoms with van der Waals surface area (Å²) in [7, 11) is 0. The number of anilines is 1. The van der Waals surface area contributed by atoms with E-state index in [0.29, 0.717) is 21.5 Å². The van der Waals surface area contributed by atoms with E-state index in [2.05, 4.69) is 0 Å². The Bertz CT molecular complexity index is 575. The first kappa shape index (κ1) is 13.5. The van der Waals surface area contributed by atoms with Crippen molar-refractivity contribution in [2.24, 2.45) is 0 Å². The van der Waals surface area contributed by atoms with Crippen LogP contribution in [0.1, 0.15) is 5.56 Å². The van der Waals surface area contributed by atoms with Crippen molar-refractivity contribution in [3.63, 3.8) is 0 Å². The fraction of sp³-hybridized carbons (Fsp3) is 0.0769. The van der Waals surface area contributed by atoms with Crippen LogP contribution in [0.15, 0.2) is 41.3 Å². The molecule has 0 aromatic heterocycles. The Morgan fingerprint density at radius 1 is 1.06 bits per heavy atom. The maximum atomic E-state index is 12.9. The lowest BCUT2D eigenvalue weighted by Crippen LogP contribution is -1.87. The van der Waals surface area contributed by atoms with Gasteiger partial charge in [0.2, 0.25) is 0 Å². The van der Waals surface area contributed by atoms with Crippen molar-refractivity contribution >= 4 is 40.7 Å². The van der Waals surface area contributed by atoms with Gasteiger partial charge in [-0.05, 0) is 35.9 Å². The van der Waals surface area contributed by atoms with Crippen LogP contribution < -0.4 is 5.73 Å². The predicted molar refractivity (Wildman–Crippen MR) is 76.8 cm³/mol. The summed E-state index contributed by atoms with van der Waals surface area (Å²) in [5.74, 6) is 0.276. The van der Waals surface area contributed by atoms with Crippen molar-refractivity contribution in [3.05, 3.63) is 57.8 Å². The molecule has 0 amide bonds. The molecule has 0 bridgehead atoms. The second-order valence-electron chi connectivity index (χ2n) is 3.71. The summed E-state index contributed by atoms with van der Waals surface area (Å²) in [4.78, 5) is 0.886. The maximum absolute atomic E-state index is 12.9. The zero-order valence-corrected chi connectivity index (χ0v) is 11.6. The molecule has 0 radical (unpaired) electrons. The Balaban J connectivity index is 2.13. The normalized spacial score (nSPS) is 10.6. The van der Waals surface area contributed by atoms with Gasteiger partial charge in [0.15, 0.2) is 0 Å². The molecule has 0 atom stereocenters. The van der Waals surface area contributed by atoms with Gasteiger partial charge < -0.3 is 5.73 Å². The number of nitrogens with two attached hydrogens (primary N) is 1. The largest absolute Gasteiger partial charge is 0.399 e. The lowest BCUT2D eigenvalue weighted by molar-refractivity contribution is 0.627. The van der Waals surface area contributed by atoms with Crippen LogP contribution in [0.5, 0.6) is 0 Å². The van der Waals surface area contributed by atoms with Crippen LogP contribution in [-0.2, 0) is 5.75 Å². The zero-order chi connectivity index (χ0) is 13.1. The van der Waals surface area contributed by atoms with Gasteiger partial charge in [0, 0.05) is 21.4 Å². The number of halogens is 3. The van der Waals surface area contributed by atoms with Crippen LogP contribution in [0, 0.1) is 5.82 Å². The van der Waals surface area contributed by atoms with E-state index in [1.807, 2.05) is 6.07 Å². The highest BCUT2D eigenvalue weighted by molar-refractivity contribution is 7.98. The summed E-state index contributed by atoms with van der Waals surface area (Å²) < 4.78 is 12.9. The second-order valence-corrected chi connectivity index (χ2v) is 5.55. The van der Waals surface area contributed by atoms with Crippen molar-refractivity contribution in [1.82, 2.24) is 0 Å². The van der Waals surface area contributed by atoms with E-state index in [1.54, 1.807) is 18.2 Å². The highest BCUT2D eigenvalue weighted by Crippen LogP contribution is 2.33. The molecule has 5 heteroatoms. The highest BCUT2D eigenvalue weighted by atomic mass is 35.5. The molecule has 0 saturated carbocycles. The van der Waals surface area contributed by atoms with E-state index in [9.17, 15) is 4.39 Å². The molecule has 2 aromatic carbocycles. The number of benzene rings is 2. The molecule has 0 spiro atoms. The molecule has 0 aliphatic rings. The summed E-state index contributed by atoms with van der Waals surface area (Å²) in [6.07, 6.45) is 0. The third kappa shape index (κ3) is 3.31. The molecule has 2 rings (SSSR count). The van der Waals surface area contributed by atoms with E-state index < -0.39 is 0 Å². The second kappa shape index (κ2) is 5.83. The van der Waals surface area contributed by atoms with Crippen molar-refractivity contribution in [2.75, 3.05) is 5.73 Å². The van der Waals surface area contributed by atoms with E-state index in [-0.39, 0.29) is 5.82 Å². The van der Waals surface area contributed by atoms with Crippen LogP contribution in [0.3, 0.4) is 0 Å². The van der Waals surface area contributed by atoms with Gasteiger partial charge in [0.1, 0.15) is 5.82 Å². The van der Waals surface area contributed by atoms with Crippen molar-refractivity contribution in [2.45, 2.75) is 10.6 Å². The minimum Gasteiger partial charge on any atom is -0.399 e. The van der Waals surface area contributed by atoms with Crippen molar-refractivity contribution in [1.29, 1.82) is 0 Å². The van der Waals surface area contributed by atoms with Crippen LogP contribution in [0.25, 0.3) is 0 Å². The summed E-state index contributed by atoms with van der Waals surface area (Å²) in [5, 5.41) is 1.06. The molecular formula is C13H10Cl2FNS. The molecule has 0 saturated heterocycles. The monoisotopic (exact) mass is 301 g/mol. The quantitative estimate of drug-likeness (QED) is 0.637. The van der Waals surface area contributed by atoms with Gasteiger partial charge in [-0.25, -0.2) is 4.39 Å². The summed E-state index contributed by atoms with van der Waals surface area (Å²) in [6.45, 7) is 0. The minimum atomic E-state index is -0.337. The molecule has 0 unspecified atom stereocenters. The van der Waals surface area contributed by atoms with E-state index in [4.69, 9.17) is 28.9 Å². The van der Waals surface area contributed by atoms with E-state index >= 15 is 0 Å². The summed E-state index contributed by atoms with van der Waals surface area (Å²) in [6, 6.07) is 9.68. The first-order valence-corrected chi connectivity index (χ1v) is 6.92. The minimum absolute atomic E-state index is 0.337. The molecule has 0 aliphatic carbocycles. The lowest BCUT2D eigenvalue weighted by atomic mass is 10.2. The third-order valence-electron chi connectivity index (χ3n) is 2.35. The Labute approximate surface area is 119 Å². The van der Waals surface area contributed by atoms with Gasteiger partial charge in [-0.15, -0.1) is 11.8 Å². The van der Waals surface area contributed by atoms with Crippen molar-refractivity contribution in [3.8, 4) is 0 Å². The number of thioether (sulfide) groups is 1. The Hall–Kier alpha value is -0.900. The maximum Gasteiger partial charge on any atom is 0.124 e. The number of hydrogen-bond donors (Lipinski definition) is 1. The molecule has 1 nitrogen and oxygen atoms in total. The lowest BCUT2D eigenvalue weighted by Gasteiger charge is -2.07. The first-order chi connectivity index (χ1) is 8.56. The molecule has 2 N–H and O–H groups in total. The van der Waals surface area contributed by atoms with Gasteiger partial charge in [-0.2, -0.15) is 0 Å². The summed E-state index contributed by atoms with van der Waals surface area (Å²) >= 11 is 13.5. The third-order valence-corrected chi connectivity index (χ3v) is 4.25. The van der Waals surface area contributed by atoms with Crippen molar-refractivity contribution < 1.29 is 4.39 Å². The van der Waals surface area contributed by atoms with Gasteiger partial charge in [-0.1, -0.05) is 29.3 Å².